The molecule has 0 amide bonds. The number of anilines is 2. The summed E-state index contributed by atoms with van der Waals surface area (Å²) in [6.45, 7) is 0.653. The summed E-state index contributed by atoms with van der Waals surface area (Å²) in [5.74, 6) is 0. The van der Waals surface area contributed by atoms with Gasteiger partial charge in [-0.25, -0.2) is 4.98 Å². The molecule has 2 rings (SSSR count). The average molecular weight is 341 g/mol. The van der Waals surface area contributed by atoms with Crippen molar-refractivity contribution in [3.8, 4) is 0 Å². The van der Waals surface area contributed by atoms with E-state index < -0.39 is 0 Å². The highest BCUT2D eigenvalue weighted by molar-refractivity contribution is 9.10. The summed E-state index contributed by atoms with van der Waals surface area (Å²) in [4.78, 5) is 6.44. The van der Waals surface area contributed by atoms with Crippen molar-refractivity contribution >= 4 is 38.9 Å². The number of pyridine rings is 1. The number of hydrogen-bond donors (Lipinski definition) is 1. The second kappa shape index (κ2) is 6.26. The minimum absolute atomic E-state index is 0.653. The molecule has 0 spiro atoms. The van der Waals surface area contributed by atoms with Gasteiger partial charge < -0.3 is 10.2 Å². The molecule has 0 bridgehead atoms. The van der Waals surface area contributed by atoms with E-state index in [0.717, 1.165) is 26.7 Å². The first-order chi connectivity index (χ1) is 9.06. The third kappa shape index (κ3) is 3.85. The summed E-state index contributed by atoms with van der Waals surface area (Å²) < 4.78 is 0.839. The van der Waals surface area contributed by atoms with Gasteiger partial charge in [0.1, 0.15) is 4.60 Å². The number of rotatable bonds is 4. The second-order valence-corrected chi connectivity index (χ2v) is 5.61. The van der Waals surface area contributed by atoms with Gasteiger partial charge in [0.15, 0.2) is 0 Å². The third-order valence-electron chi connectivity index (χ3n) is 2.67. The Hall–Kier alpha value is -1.26. The highest BCUT2D eigenvalue weighted by atomic mass is 79.9. The summed E-state index contributed by atoms with van der Waals surface area (Å²) in [5.41, 5.74) is 3.07. The maximum Gasteiger partial charge on any atom is 0.106 e. The first kappa shape index (κ1) is 14.2. The van der Waals surface area contributed by atoms with E-state index in [0.29, 0.717) is 6.54 Å². The van der Waals surface area contributed by atoms with Crippen LogP contribution in [0.2, 0.25) is 5.02 Å². The quantitative estimate of drug-likeness (QED) is 0.847. The molecule has 0 radical (unpaired) electrons. The predicted molar refractivity (Wildman–Crippen MR) is 85.0 cm³/mol. The molecule has 0 aliphatic heterocycles. The van der Waals surface area contributed by atoms with Crippen LogP contribution in [0.3, 0.4) is 0 Å². The zero-order valence-corrected chi connectivity index (χ0v) is 13.2. The van der Waals surface area contributed by atoms with Crippen molar-refractivity contribution in [2.24, 2.45) is 0 Å². The first-order valence-corrected chi connectivity index (χ1v) is 7.05. The molecule has 0 unspecified atom stereocenters. The zero-order valence-electron chi connectivity index (χ0n) is 10.8. The summed E-state index contributed by atoms with van der Waals surface area (Å²) >= 11 is 9.42. The van der Waals surface area contributed by atoms with Gasteiger partial charge >= 0.3 is 0 Å². The Balaban J connectivity index is 2.17. The van der Waals surface area contributed by atoms with E-state index in [1.807, 2.05) is 55.4 Å². The van der Waals surface area contributed by atoms with Crippen molar-refractivity contribution in [1.82, 2.24) is 4.98 Å². The molecular weight excluding hydrogens is 326 g/mol. The fourth-order valence-corrected chi connectivity index (χ4v) is 2.33. The van der Waals surface area contributed by atoms with E-state index in [2.05, 4.69) is 26.2 Å². The maximum absolute atomic E-state index is 6.05. The lowest BCUT2D eigenvalue weighted by atomic mass is 10.2. The van der Waals surface area contributed by atoms with E-state index in [1.165, 1.54) is 0 Å². The van der Waals surface area contributed by atoms with Crippen molar-refractivity contribution in [3.05, 3.63) is 51.7 Å². The number of aromatic nitrogens is 1. The Morgan fingerprint density at radius 3 is 2.74 bits per heavy atom. The molecular formula is C14H15BrClN3. The summed E-state index contributed by atoms with van der Waals surface area (Å²) in [5, 5.41) is 4.09. The normalized spacial score (nSPS) is 10.3. The van der Waals surface area contributed by atoms with Crippen LogP contribution in [0.15, 0.2) is 41.0 Å². The molecule has 3 nitrogen and oxygen atoms in total. The van der Waals surface area contributed by atoms with Gasteiger partial charge in [0.05, 0.1) is 23.6 Å². The molecule has 1 N–H and O–H groups in total. The summed E-state index contributed by atoms with van der Waals surface area (Å²) in [7, 11) is 4.01. The topological polar surface area (TPSA) is 28.2 Å². The van der Waals surface area contributed by atoms with Gasteiger partial charge in [0.2, 0.25) is 0 Å². The average Bonchev–Trinajstić information content (AvgIpc) is 2.36. The molecule has 1 aromatic carbocycles. The number of nitrogens with one attached hydrogen (secondary N) is 1. The van der Waals surface area contributed by atoms with E-state index >= 15 is 0 Å². The minimum Gasteiger partial charge on any atom is -0.378 e. The van der Waals surface area contributed by atoms with Gasteiger partial charge in [-0.1, -0.05) is 17.7 Å². The van der Waals surface area contributed by atoms with Crippen molar-refractivity contribution in [1.29, 1.82) is 0 Å². The number of hydrogen-bond acceptors (Lipinski definition) is 3. The molecule has 19 heavy (non-hydrogen) atoms. The molecule has 1 heterocycles. The van der Waals surface area contributed by atoms with Gasteiger partial charge in [-0.2, -0.15) is 0 Å². The Bertz CT molecular complexity index is 572. The lowest BCUT2D eigenvalue weighted by Gasteiger charge is -2.18. The Morgan fingerprint density at radius 2 is 2.05 bits per heavy atom. The predicted octanol–water partition coefficient (Wildman–Crippen LogP) is 4.18. The lowest BCUT2D eigenvalue weighted by Crippen LogP contribution is -2.12. The molecule has 0 aliphatic rings. The molecule has 0 saturated heterocycles. The van der Waals surface area contributed by atoms with Gasteiger partial charge in [0.25, 0.3) is 0 Å². The molecule has 5 heteroatoms. The van der Waals surface area contributed by atoms with E-state index in [4.69, 9.17) is 11.6 Å². The standard InChI is InChI=1S/C14H15BrClN3/c1-19(2)13-7-6-10(16)8-12(13)17-9-11-4-3-5-14(15)18-11/h3-8,17H,9H2,1-2H3. The largest absolute Gasteiger partial charge is 0.378 e. The highest BCUT2D eigenvalue weighted by Gasteiger charge is 2.05. The Labute approximate surface area is 126 Å². The van der Waals surface area contributed by atoms with Crippen LogP contribution < -0.4 is 10.2 Å². The maximum atomic E-state index is 6.05. The second-order valence-electron chi connectivity index (χ2n) is 4.36. The Morgan fingerprint density at radius 1 is 1.26 bits per heavy atom. The van der Waals surface area contributed by atoms with Gasteiger partial charge in [-0.15, -0.1) is 0 Å². The van der Waals surface area contributed by atoms with Crippen LogP contribution in [0.4, 0.5) is 11.4 Å². The van der Waals surface area contributed by atoms with Crippen LogP contribution in [-0.4, -0.2) is 19.1 Å². The number of nitrogens with zero attached hydrogens (tertiary/aromatic N) is 2. The van der Waals surface area contributed by atoms with Crippen LogP contribution in [0.5, 0.6) is 0 Å². The first-order valence-electron chi connectivity index (χ1n) is 5.88. The van der Waals surface area contributed by atoms with Crippen LogP contribution in [0, 0.1) is 0 Å². The van der Waals surface area contributed by atoms with Crippen molar-refractivity contribution in [2.75, 3.05) is 24.3 Å². The van der Waals surface area contributed by atoms with E-state index in [-0.39, 0.29) is 0 Å². The summed E-state index contributed by atoms with van der Waals surface area (Å²) in [6.07, 6.45) is 0. The molecule has 1 aromatic heterocycles. The van der Waals surface area contributed by atoms with Gasteiger partial charge in [-0.3, -0.25) is 0 Å². The molecule has 0 fully saturated rings. The minimum atomic E-state index is 0.653. The molecule has 0 saturated carbocycles. The van der Waals surface area contributed by atoms with Gasteiger partial charge in [0, 0.05) is 19.1 Å². The molecule has 2 aromatic rings. The SMILES string of the molecule is CN(C)c1ccc(Cl)cc1NCc1cccc(Br)n1. The lowest BCUT2D eigenvalue weighted by molar-refractivity contribution is 1.02. The third-order valence-corrected chi connectivity index (χ3v) is 3.35. The van der Waals surface area contributed by atoms with Crippen molar-refractivity contribution in [3.63, 3.8) is 0 Å². The molecule has 0 atom stereocenters. The van der Waals surface area contributed by atoms with E-state index in [9.17, 15) is 0 Å². The molecule has 0 aliphatic carbocycles. The highest BCUT2D eigenvalue weighted by Crippen LogP contribution is 2.28. The monoisotopic (exact) mass is 339 g/mol. The summed E-state index contributed by atoms with van der Waals surface area (Å²) in [6, 6.07) is 11.7. The van der Waals surface area contributed by atoms with Crippen LogP contribution in [0.25, 0.3) is 0 Å². The van der Waals surface area contributed by atoms with Crippen molar-refractivity contribution in [2.45, 2.75) is 6.54 Å². The van der Waals surface area contributed by atoms with E-state index in [1.54, 1.807) is 0 Å². The number of benzene rings is 1. The fourth-order valence-electron chi connectivity index (χ4n) is 1.77. The van der Waals surface area contributed by atoms with Crippen LogP contribution in [-0.2, 0) is 6.54 Å². The van der Waals surface area contributed by atoms with Crippen LogP contribution in [0.1, 0.15) is 5.69 Å². The smallest absolute Gasteiger partial charge is 0.106 e. The Kier molecular flexibility index (Phi) is 4.66. The van der Waals surface area contributed by atoms with Gasteiger partial charge in [-0.05, 0) is 46.3 Å². The zero-order chi connectivity index (χ0) is 13.8. The van der Waals surface area contributed by atoms with Crippen molar-refractivity contribution < 1.29 is 0 Å². The number of halogens is 2. The molecule has 100 valence electrons. The van der Waals surface area contributed by atoms with Crippen LogP contribution >= 0.6 is 27.5 Å². The fraction of sp³-hybridized carbons (Fsp3) is 0.214.